The Balaban J connectivity index is 1.79. The van der Waals surface area contributed by atoms with Crippen molar-refractivity contribution in [3.8, 4) is 0 Å². The molecule has 2 fully saturated rings. The van der Waals surface area contributed by atoms with E-state index in [2.05, 4.69) is 26.1 Å². The standard InChI is InChI=1S/C20H27BrN2O4/c21-14-5-4-6-16(11-14)23-10-7-15(22-19(25)26)12-17(23)18(24)13-20(27)8-2-1-3-9-20/h4-6,11,15,17,22,27H,1-3,7-10,12-13H2,(H,25,26). The molecule has 1 aliphatic carbocycles. The predicted molar refractivity (Wildman–Crippen MR) is 107 cm³/mol. The number of carbonyl (C=O) groups excluding carboxylic acids is 1. The van der Waals surface area contributed by atoms with Crippen molar-refractivity contribution in [1.82, 2.24) is 5.32 Å². The Hall–Kier alpha value is -1.60. The van der Waals surface area contributed by atoms with E-state index in [0.29, 0.717) is 32.2 Å². The largest absolute Gasteiger partial charge is 0.465 e. The maximum absolute atomic E-state index is 13.2. The number of benzene rings is 1. The molecule has 0 aromatic heterocycles. The van der Waals surface area contributed by atoms with Crippen LogP contribution in [0.5, 0.6) is 0 Å². The van der Waals surface area contributed by atoms with E-state index in [1.807, 2.05) is 24.3 Å². The number of carbonyl (C=O) groups is 2. The van der Waals surface area contributed by atoms with E-state index in [1.165, 1.54) is 0 Å². The molecule has 2 unspecified atom stereocenters. The van der Waals surface area contributed by atoms with E-state index >= 15 is 0 Å². The molecular formula is C20H27BrN2O4. The van der Waals surface area contributed by atoms with Crippen LogP contribution in [0, 0.1) is 0 Å². The van der Waals surface area contributed by atoms with Gasteiger partial charge in [0, 0.05) is 29.2 Å². The van der Waals surface area contributed by atoms with Gasteiger partial charge in [-0.2, -0.15) is 0 Å². The minimum Gasteiger partial charge on any atom is -0.465 e. The van der Waals surface area contributed by atoms with Gasteiger partial charge in [0.05, 0.1) is 11.6 Å². The van der Waals surface area contributed by atoms with Gasteiger partial charge >= 0.3 is 6.09 Å². The molecule has 1 saturated heterocycles. The van der Waals surface area contributed by atoms with Crippen LogP contribution in [0.2, 0.25) is 0 Å². The molecule has 148 valence electrons. The van der Waals surface area contributed by atoms with Gasteiger partial charge in [0.1, 0.15) is 0 Å². The molecule has 3 rings (SSSR count). The third-order valence-corrected chi connectivity index (χ3v) is 6.22. The molecule has 0 radical (unpaired) electrons. The van der Waals surface area contributed by atoms with Crippen LogP contribution in [0.1, 0.15) is 51.4 Å². The van der Waals surface area contributed by atoms with Crippen LogP contribution < -0.4 is 10.2 Å². The van der Waals surface area contributed by atoms with Crippen molar-refractivity contribution in [3.05, 3.63) is 28.7 Å². The first kappa shape index (κ1) is 20.1. The molecule has 2 atom stereocenters. The maximum Gasteiger partial charge on any atom is 0.404 e. The molecule has 0 spiro atoms. The fraction of sp³-hybridized carbons (Fsp3) is 0.600. The van der Waals surface area contributed by atoms with Gasteiger partial charge in [-0.15, -0.1) is 0 Å². The lowest BCUT2D eigenvalue weighted by atomic mass is 9.79. The Kier molecular flexibility index (Phi) is 6.42. The van der Waals surface area contributed by atoms with Crippen molar-refractivity contribution in [2.24, 2.45) is 0 Å². The lowest BCUT2D eigenvalue weighted by molar-refractivity contribution is -0.127. The molecule has 6 nitrogen and oxygen atoms in total. The molecule has 1 heterocycles. The van der Waals surface area contributed by atoms with E-state index in [1.54, 1.807) is 0 Å². The third kappa shape index (κ3) is 5.23. The Morgan fingerprint density at radius 2 is 2.00 bits per heavy atom. The molecule has 1 saturated carbocycles. The summed E-state index contributed by atoms with van der Waals surface area (Å²) in [6, 6.07) is 7.11. The molecule has 1 amide bonds. The monoisotopic (exact) mass is 438 g/mol. The number of nitrogens with zero attached hydrogens (tertiary/aromatic N) is 1. The van der Waals surface area contributed by atoms with E-state index in [0.717, 1.165) is 29.4 Å². The molecule has 1 aliphatic heterocycles. The molecule has 1 aromatic carbocycles. The maximum atomic E-state index is 13.2. The van der Waals surface area contributed by atoms with Gasteiger partial charge in [-0.3, -0.25) is 4.79 Å². The molecule has 27 heavy (non-hydrogen) atoms. The Morgan fingerprint density at radius 1 is 1.26 bits per heavy atom. The van der Waals surface area contributed by atoms with E-state index in [-0.39, 0.29) is 18.2 Å². The molecule has 2 aliphatic rings. The zero-order chi connectivity index (χ0) is 19.4. The van der Waals surface area contributed by atoms with Gasteiger partial charge in [-0.25, -0.2) is 4.79 Å². The Bertz CT molecular complexity index is 690. The number of halogens is 1. The fourth-order valence-corrected chi connectivity index (χ4v) is 4.76. The number of ketones is 1. The van der Waals surface area contributed by atoms with Crippen LogP contribution in [-0.4, -0.2) is 46.3 Å². The first-order chi connectivity index (χ1) is 12.9. The first-order valence-electron chi connectivity index (χ1n) is 9.63. The molecule has 7 heteroatoms. The van der Waals surface area contributed by atoms with Gasteiger partial charge in [0.2, 0.25) is 0 Å². The summed E-state index contributed by atoms with van der Waals surface area (Å²) in [5.74, 6) is -0.00346. The van der Waals surface area contributed by atoms with Crippen LogP contribution >= 0.6 is 15.9 Å². The van der Waals surface area contributed by atoms with Crippen molar-refractivity contribution in [1.29, 1.82) is 0 Å². The van der Waals surface area contributed by atoms with E-state index in [4.69, 9.17) is 5.11 Å². The second-order valence-electron chi connectivity index (χ2n) is 7.79. The van der Waals surface area contributed by atoms with E-state index in [9.17, 15) is 14.7 Å². The highest BCUT2D eigenvalue weighted by atomic mass is 79.9. The number of Topliss-reactive ketones (excluding diaryl/α,β-unsaturated/α-hetero) is 1. The average Bonchev–Trinajstić information content (AvgIpc) is 2.61. The highest BCUT2D eigenvalue weighted by Crippen LogP contribution is 2.34. The lowest BCUT2D eigenvalue weighted by Crippen LogP contribution is -2.54. The second kappa shape index (κ2) is 8.61. The summed E-state index contributed by atoms with van der Waals surface area (Å²) in [4.78, 5) is 26.3. The van der Waals surface area contributed by atoms with Crippen LogP contribution in [-0.2, 0) is 4.79 Å². The smallest absolute Gasteiger partial charge is 0.404 e. The highest BCUT2D eigenvalue weighted by molar-refractivity contribution is 9.10. The summed E-state index contributed by atoms with van der Waals surface area (Å²) < 4.78 is 0.933. The number of anilines is 1. The van der Waals surface area contributed by atoms with Crippen molar-refractivity contribution in [2.45, 2.75) is 69.1 Å². The third-order valence-electron chi connectivity index (χ3n) is 5.73. The summed E-state index contributed by atoms with van der Waals surface area (Å²) in [5, 5.41) is 22.4. The average molecular weight is 439 g/mol. The zero-order valence-corrected chi connectivity index (χ0v) is 17.0. The summed E-state index contributed by atoms with van der Waals surface area (Å²) in [6.07, 6.45) is 4.49. The predicted octanol–water partition coefficient (Wildman–Crippen LogP) is 3.71. The highest BCUT2D eigenvalue weighted by Gasteiger charge is 2.39. The van der Waals surface area contributed by atoms with Gasteiger partial charge in [-0.1, -0.05) is 41.3 Å². The Morgan fingerprint density at radius 3 is 2.67 bits per heavy atom. The number of aliphatic hydroxyl groups is 1. The second-order valence-corrected chi connectivity index (χ2v) is 8.70. The minimum absolute atomic E-state index is 0.00346. The summed E-state index contributed by atoms with van der Waals surface area (Å²) in [6.45, 7) is 0.593. The zero-order valence-electron chi connectivity index (χ0n) is 15.4. The molecule has 3 N–H and O–H groups in total. The van der Waals surface area contributed by atoms with Gasteiger partial charge < -0.3 is 20.4 Å². The topological polar surface area (TPSA) is 89.9 Å². The van der Waals surface area contributed by atoms with Gasteiger partial charge in [0.15, 0.2) is 5.78 Å². The number of hydrogen-bond donors (Lipinski definition) is 3. The number of nitrogens with one attached hydrogen (secondary N) is 1. The van der Waals surface area contributed by atoms with Crippen molar-refractivity contribution < 1.29 is 19.8 Å². The van der Waals surface area contributed by atoms with Gasteiger partial charge in [-0.05, 0) is 43.9 Å². The van der Waals surface area contributed by atoms with Gasteiger partial charge in [0.25, 0.3) is 0 Å². The van der Waals surface area contributed by atoms with Crippen LogP contribution in [0.15, 0.2) is 28.7 Å². The number of amides is 1. The summed E-state index contributed by atoms with van der Waals surface area (Å²) in [7, 11) is 0. The normalized spacial score (nSPS) is 25.0. The number of rotatable bonds is 5. The number of carboxylic acid groups (broad SMARTS) is 1. The molecule has 0 bridgehead atoms. The van der Waals surface area contributed by atoms with Crippen molar-refractivity contribution in [2.75, 3.05) is 11.4 Å². The summed E-state index contributed by atoms with van der Waals surface area (Å²) >= 11 is 3.48. The Labute approximate surface area is 168 Å². The van der Waals surface area contributed by atoms with Crippen LogP contribution in [0.25, 0.3) is 0 Å². The molecular weight excluding hydrogens is 412 g/mol. The number of piperidine rings is 1. The van der Waals surface area contributed by atoms with Crippen molar-refractivity contribution >= 4 is 33.5 Å². The van der Waals surface area contributed by atoms with Crippen LogP contribution in [0.3, 0.4) is 0 Å². The SMILES string of the molecule is O=C(O)NC1CCN(c2cccc(Br)c2)C(C(=O)CC2(O)CCCCC2)C1. The fourth-order valence-electron chi connectivity index (χ4n) is 4.37. The number of hydrogen-bond acceptors (Lipinski definition) is 4. The summed E-state index contributed by atoms with van der Waals surface area (Å²) in [5.41, 5.74) is 0.0259. The minimum atomic E-state index is -1.06. The lowest BCUT2D eigenvalue weighted by Gasteiger charge is -2.41. The quantitative estimate of drug-likeness (QED) is 0.651. The van der Waals surface area contributed by atoms with Crippen molar-refractivity contribution in [3.63, 3.8) is 0 Å². The van der Waals surface area contributed by atoms with Crippen LogP contribution in [0.4, 0.5) is 10.5 Å². The van der Waals surface area contributed by atoms with E-state index < -0.39 is 17.7 Å². The first-order valence-corrected chi connectivity index (χ1v) is 10.4. The molecule has 1 aromatic rings.